The third kappa shape index (κ3) is 15.9. The Labute approximate surface area is 114 Å². The molecular formula is C16H34FN. The zero-order valence-electron chi connectivity index (χ0n) is 12.4. The second kappa shape index (κ2) is 14.9. The molecule has 0 saturated carbocycles. The molecule has 0 radical (unpaired) electrons. The van der Waals surface area contributed by atoms with Crippen molar-refractivity contribution < 1.29 is 4.39 Å². The fourth-order valence-corrected chi connectivity index (χ4v) is 2.36. The molecule has 0 fully saturated rings. The van der Waals surface area contributed by atoms with Crippen LogP contribution in [0, 0.1) is 0 Å². The van der Waals surface area contributed by atoms with Crippen molar-refractivity contribution in [2.24, 2.45) is 5.73 Å². The Kier molecular flexibility index (Phi) is 14.9. The average Bonchev–Trinajstić information content (AvgIpc) is 2.34. The number of hydrogen-bond acceptors (Lipinski definition) is 1. The van der Waals surface area contributed by atoms with Crippen LogP contribution in [0.25, 0.3) is 0 Å². The van der Waals surface area contributed by atoms with Crippen molar-refractivity contribution in [3.63, 3.8) is 0 Å². The van der Waals surface area contributed by atoms with Crippen LogP contribution in [-0.2, 0) is 0 Å². The Bertz CT molecular complexity index is 148. The maximum Gasteiger partial charge on any atom is 0.148 e. The van der Waals surface area contributed by atoms with Crippen LogP contribution in [0.1, 0.15) is 96.8 Å². The van der Waals surface area contributed by atoms with Gasteiger partial charge in [-0.05, 0) is 12.8 Å². The molecule has 0 aliphatic heterocycles. The first-order chi connectivity index (χ1) is 8.77. The van der Waals surface area contributed by atoms with E-state index in [1.807, 2.05) is 0 Å². The van der Waals surface area contributed by atoms with E-state index in [-0.39, 0.29) is 0 Å². The van der Waals surface area contributed by atoms with E-state index in [1.165, 1.54) is 70.6 Å². The Balaban J connectivity index is 2.90. The van der Waals surface area contributed by atoms with Crippen LogP contribution in [0.2, 0.25) is 0 Å². The van der Waals surface area contributed by atoms with Gasteiger partial charge in [-0.25, -0.2) is 4.39 Å². The SMILES string of the molecule is CCCCCCCCCCCCCCCC(N)F. The van der Waals surface area contributed by atoms with E-state index in [4.69, 9.17) is 5.73 Å². The number of unbranched alkanes of at least 4 members (excludes halogenated alkanes) is 12. The number of halogens is 1. The number of alkyl halides is 1. The first kappa shape index (κ1) is 17.9. The van der Waals surface area contributed by atoms with E-state index >= 15 is 0 Å². The normalized spacial score (nSPS) is 12.8. The predicted molar refractivity (Wildman–Crippen MR) is 79.4 cm³/mol. The molecule has 0 spiro atoms. The van der Waals surface area contributed by atoms with E-state index in [9.17, 15) is 4.39 Å². The summed E-state index contributed by atoms with van der Waals surface area (Å²) in [7, 11) is 0. The van der Waals surface area contributed by atoms with Crippen molar-refractivity contribution in [3.8, 4) is 0 Å². The number of rotatable bonds is 14. The van der Waals surface area contributed by atoms with Gasteiger partial charge < -0.3 is 5.73 Å². The first-order valence-corrected chi connectivity index (χ1v) is 8.17. The summed E-state index contributed by atoms with van der Waals surface area (Å²) in [4.78, 5) is 0. The van der Waals surface area contributed by atoms with E-state index < -0.39 is 6.30 Å². The molecule has 0 aliphatic carbocycles. The van der Waals surface area contributed by atoms with Gasteiger partial charge in [0.2, 0.25) is 0 Å². The standard InChI is InChI=1S/C16H34FN/c1-2-3-4-5-6-7-8-9-10-11-12-13-14-15-16(17)18/h16H,2-15,18H2,1H3. The van der Waals surface area contributed by atoms with Crippen LogP contribution in [0.4, 0.5) is 4.39 Å². The van der Waals surface area contributed by atoms with E-state index in [1.54, 1.807) is 0 Å². The number of hydrogen-bond donors (Lipinski definition) is 1. The molecule has 0 aliphatic rings. The minimum Gasteiger partial charge on any atom is -0.302 e. The molecular weight excluding hydrogens is 225 g/mol. The molecule has 0 amide bonds. The second-order valence-corrected chi connectivity index (χ2v) is 5.55. The molecule has 0 aromatic heterocycles. The third-order valence-corrected chi connectivity index (χ3v) is 3.58. The van der Waals surface area contributed by atoms with Crippen molar-refractivity contribution in [1.29, 1.82) is 0 Å². The van der Waals surface area contributed by atoms with Crippen molar-refractivity contribution in [2.75, 3.05) is 0 Å². The molecule has 0 saturated heterocycles. The summed E-state index contributed by atoms with van der Waals surface area (Å²) in [5.41, 5.74) is 5.07. The maximum atomic E-state index is 12.3. The van der Waals surface area contributed by atoms with Crippen LogP contribution < -0.4 is 5.73 Å². The van der Waals surface area contributed by atoms with Crippen molar-refractivity contribution in [3.05, 3.63) is 0 Å². The lowest BCUT2D eigenvalue weighted by atomic mass is 10.0. The second-order valence-electron chi connectivity index (χ2n) is 5.55. The Morgan fingerprint density at radius 1 is 0.667 bits per heavy atom. The van der Waals surface area contributed by atoms with Crippen LogP contribution in [0.15, 0.2) is 0 Å². The monoisotopic (exact) mass is 259 g/mol. The van der Waals surface area contributed by atoms with Gasteiger partial charge in [0.25, 0.3) is 0 Å². The lowest BCUT2D eigenvalue weighted by molar-refractivity contribution is 0.313. The smallest absolute Gasteiger partial charge is 0.148 e. The van der Waals surface area contributed by atoms with Crippen molar-refractivity contribution >= 4 is 0 Å². The maximum absolute atomic E-state index is 12.3. The summed E-state index contributed by atoms with van der Waals surface area (Å²) < 4.78 is 12.3. The molecule has 0 aromatic rings. The number of nitrogens with two attached hydrogens (primary N) is 1. The Hall–Kier alpha value is -0.110. The van der Waals surface area contributed by atoms with Crippen LogP contribution >= 0.6 is 0 Å². The highest BCUT2D eigenvalue weighted by Crippen LogP contribution is 2.13. The minimum atomic E-state index is -1.10. The van der Waals surface area contributed by atoms with Crippen LogP contribution in [0.3, 0.4) is 0 Å². The summed E-state index contributed by atoms with van der Waals surface area (Å²) >= 11 is 0. The lowest BCUT2D eigenvalue weighted by Crippen LogP contribution is -2.11. The Morgan fingerprint density at radius 2 is 1.00 bits per heavy atom. The van der Waals surface area contributed by atoms with Gasteiger partial charge in [0, 0.05) is 0 Å². The van der Waals surface area contributed by atoms with Gasteiger partial charge in [-0.2, -0.15) is 0 Å². The van der Waals surface area contributed by atoms with Crippen molar-refractivity contribution in [2.45, 2.75) is 103 Å². The molecule has 18 heavy (non-hydrogen) atoms. The molecule has 2 N–H and O–H groups in total. The lowest BCUT2D eigenvalue weighted by Gasteiger charge is -2.03. The van der Waals surface area contributed by atoms with Gasteiger partial charge in [-0.15, -0.1) is 0 Å². The largest absolute Gasteiger partial charge is 0.302 e. The molecule has 1 atom stereocenters. The molecule has 1 nitrogen and oxygen atoms in total. The topological polar surface area (TPSA) is 26.0 Å². The predicted octanol–water partition coefficient (Wildman–Crippen LogP) is 5.72. The Morgan fingerprint density at radius 3 is 1.33 bits per heavy atom. The highest BCUT2D eigenvalue weighted by molar-refractivity contribution is 4.50. The highest BCUT2D eigenvalue weighted by atomic mass is 19.1. The fourth-order valence-electron chi connectivity index (χ4n) is 2.36. The van der Waals surface area contributed by atoms with E-state index in [2.05, 4.69) is 6.92 Å². The van der Waals surface area contributed by atoms with Crippen LogP contribution in [-0.4, -0.2) is 6.30 Å². The van der Waals surface area contributed by atoms with Gasteiger partial charge in [-0.3, -0.25) is 0 Å². The van der Waals surface area contributed by atoms with E-state index in [0.29, 0.717) is 6.42 Å². The summed E-state index contributed by atoms with van der Waals surface area (Å²) in [6.07, 6.45) is 16.7. The molecule has 0 heterocycles. The molecule has 1 unspecified atom stereocenters. The summed E-state index contributed by atoms with van der Waals surface area (Å²) in [5.74, 6) is 0. The van der Waals surface area contributed by atoms with Gasteiger partial charge in [0.15, 0.2) is 0 Å². The molecule has 0 aromatic carbocycles. The minimum absolute atomic E-state index is 0.539. The quantitative estimate of drug-likeness (QED) is 0.313. The first-order valence-electron chi connectivity index (χ1n) is 8.17. The average molecular weight is 259 g/mol. The summed E-state index contributed by atoms with van der Waals surface area (Å²) in [6, 6.07) is 0. The molecule has 2 heteroatoms. The van der Waals surface area contributed by atoms with Crippen molar-refractivity contribution in [1.82, 2.24) is 0 Å². The molecule has 0 rings (SSSR count). The fraction of sp³-hybridized carbons (Fsp3) is 1.00. The highest BCUT2D eigenvalue weighted by Gasteiger charge is 1.97. The van der Waals surface area contributed by atoms with Crippen LogP contribution in [0.5, 0.6) is 0 Å². The van der Waals surface area contributed by atoms with Gasteiger partial charge in [-0.1, -0.05) is 84.0 Å². The van der Waals surface area contributed by atoms with Gasteiger partial charge >= 0.3 is 0 Å². The summed E-state index contributed by atoms with van der Waals surface area (Å²) in [6.45, 7) is 2.27. The molecule has 110 valence electrons. The van der Waals surface area contributed by atoms with Gasteiger partial charge in [0.05, 0.1) is 0 Å². The van der Waals surface area contributed by atoms with E-state index in [0.717, 1.165) is 12.8 Å². The third-order valence-electron chi connectivity index (χ3n) is 3.58. The molecule has 0 bridgehead atoms. The zero-order valence-corrected chi connectivity index (χ0v) is 12.4. The van der Waals surface area contributed by atoms with Gasteiger partial charge in [0.1, 0.15) is 6.30 Å². The zero-order chi connectivity index (χ0) is 13.5. The summed E-state index contributed by atoms with van der Waals surface area (Å²) in [5, 5.41) is 0.